The zero-order valence-electron chi connectivity index (χ0n) is 17.4. The summed E-state index contributed by atoms with van der Waals surface area (Å²) < 4.78 is 19.8. The van der Waals surface area contributed by atoms with Gasteiger partial charge in [-0.1, -0.05) is 30.9 Å². The molecule has 2 amide bonds. The average Bonchev–Trinajstić information content (AvgIpc) is 3.63. The van der Waals surface area contributed by atoms with Gasteiger partial charge >= 0.3 is 6.01 Å². The number of hydrogen-bond acceptors (Lipinski definition) is 6. The minimum absolute atomic E-state index is 0.0242. The predicted octanol–water partition coefficient (Wildman–Crippen LogP) is 4.41. The van der Waals surface area contributed by atoms with Crippen LogP contribution in [0.4, 0.5) is 10.1 Å². The van der Waals surface area contributed by atoms with E-state index in [1.807, 2.05) is 0 Å². The first-order chi connectivity index (χ1) is 15.5. The fourth-order valence-corrected chi connectivity index (χ4v) is 3.76. The predicted molar refractivity (Wildman–Crippen MR) is 114 cm³/mol. The van der Waals surface area contributed by atoms with Gasteiger partial charge in [0.1, 0.15) is 0 Å². The molecule has 10 heteroatoms. The van der Waals surface area contributed by atoms with E-state index in [-0.39, 0.29) is 35.2 Å². The molecule has 0 aliphatic heterocycles. The van der Waals surface area contributed by atoms with Crippen molar-refractivity contribution in [1.29, 1.82) is 0 Å². The number of nitrogens with zero attached hydrogens (tertiary/aromatic N) is 2. The summed E-state index contributed by atoms with van der Waals surface area (Å²) in [5.41, 5.74) is 2.72. The van der Waals surface area contributed by atoms with E-state index in [1.54, 1.807) is 0 Å². The second kappa shape index (κ2) is 10.2. The van der Waals surface area contributed by atoms with Crippen molar-refractivity contribution in [2.75, 3.05) is 5.32 Å². The summed E-state index contributed by atoms with van der Waals surface area (Å²) in [6, 6.07) is 3.94. The molecule has 0 saturated heterocycles. The molecule has 2 N–H and O–H groups in total. The van der Waals surface area contributed by atoms with Gasteiger partial charge in [0.25, 0.3) is 5.91 Å². The zero-order valence-corrected chi connectivity index (χ0v) is 18.1. The molecule has 1 unspecified atom stereocenters. The van der Waals surface area contributed by atoms with Gasteiger partial charge in [-0.15, -0.1) is 0 Å². The van der Waals surface area contributed by atoms with Crippen LogP contribution in [0.15, 0.2) is 30.6 Å². The van der Waals surface area contributed by atoms with Crippen LogP contribution in [0, 0.1) is 17.7 Å². The van der Waals surface area contributed by atoms with Crippen LogP contribution in [0.1, 0.15) is 44.9 Å². The van der Waals surface area contributed by atoms with Crippen molar-refractivity contribution < 1.29 is 23.6 Å². The smallest absolute Gasteiger partial charge is 0.322 e. The Morgan fingerprint density at radius 3 is 2.47 bits per heavy atom. The molecular weight excluding hydrogens is 439 g/mol. The fraction of sp³-hybridized carbons (Fsp3) is 0.455. The normalized spacial score (nSPS) is 17.4. The monoisotopic (exact) mass is 462 g/mol. The Balaban J connectivity index is 1.34. The summed E-state index contributed by atoms with van der Waals surface area (Å²) in [5.74, 6) is -1.46. The number of carbonyl (C=O) groups excluding carboxylic acids is 2. The van der Waals surface area contributed by atoms with Crippen LogP contribution in [0.5, 0.6) is 11.8 Å². The lowest BCUT2D eigenvalue weighted by Crippen LogP contribution is -2.41. The summed E-state index contributed by atoms with van der Waals surface area (Å²) in [4.78, 5) is 38.3. The van der Waals surface area contributed by atoms with E-state index in [1.165, 1.54) is 24.5 Å². The van der Waals surface area contributed by atoms with Crippen molar-refractivity contribution in [1.82, 2.24) is 15.4 Å². The first-order valence-electron chi connectivity index (χ1n) is 10.7. The Morgan fingerprint density at radius 1 is 1.09 bits per heavy atom. The van der Waals surface area contributed by atoms with Crippen LogP contribution >= 0.6 is 11.6 Å². The number of nitrogens with one attached hydrogen (secondary N) is 2. The number of hydrogen-bond donors (Lipinski definition) is 2. The molecule has 2 fully saturated rings. The molecule has 1 aromatic carbocycles. The highest BCUT2D eigenvalue weighted by molar-refractivity contribution is 6.30. The molecule has 1 atom stereocenters. The maximum atomic E-state index is 14.5. The molecule has 0 bridgehead atoms. The molecular formula is C22H24ClFN4O4. The summed E-state index contributed by atoms with van der Waals surface area (Å²) in [7, 11) is 0. The number of rotatable bonds is 8. The van der Waals surface area contributed by atoms with Crippen molar-refractivity contribution in [3.05, 3.63) is 41.4 Å². The van der Waals surface area contributed by atoms with E-state index >= 15 is 0 Å². The third-order valence-electron chi connectivity index (χ3n) is 5.57. The average molecular weight is 463 g/mol. The molecule has 170 valence electrons. The van der Waals surface area contributed by atoms with Gasteiger partial charge in [-0.2, -0.15) is 0 Å². The van der Waals surface area contributed by atoms with E-state index < -0.39 is 17.8 Å². The topological polar surface area (TPSA) is 102 Å². The highest BCUT2D eigenvalue weighted by atomic mass is 35.5. The highest BCUT2D eigenvalue weighted by Gasteiger charge is 2.38. The molecule has 8 nitrogen and oxygen atoms in total. The van der Waals surface area contributed by atoms with Gasteiger partial charge in [-0.3, -0.25) is 14.4 Å². The minimum Gasteiger partial charge on any atom is -0.421 e. The van der Waals surface area contributed by atoms with Crippen LogP contribution in [-0.4, -0.2) is 27.9 Å². The maximum absolute atomic E-state index is 14.5. The largest absolute Gasteiger partial charge is 0.421 e. The van der Waals surface area contributed by atoms with Crippen LogP contribution in [0.3, 0.4) is 0 Å². The van der Waals surface area contributed by atoms with Crippen molar-refractivity contribution in [2.24, 2.45) is 11.8 Å². The van der Waals surface area contributed by atoms with Crippen molar-refractivity contribution in [3.8, 4) is 11.8 Å². The van der Waals surface area contributed by atoms with Crippen LogP contribution in [-0.2, 0) is 14.4 Å². The lowest BCUT2D eigenvalue weighted by atomic mass is 9.89. The number of amides is 2. The molecule has 2 aliphatic rings. The molecule has 2 aliphatic carbocycles. The maximum Gasteiger partial charge on any atom is 0.322 e. The van der Waals surface area contributed by atoms with E-state index in [0.29, 0.717) is 5.02 Å². The molecule has 0 spiro atoms. The number of hydroxylamine groups is 1. The summed E-state index contributed by atoms with van der Waals surface area (Å²) in [5, 5.41) is 2.98. The third kappa shape index (κ3) is 5.92. The first-order valence-corrected chi connectivity index (χ1v) is 11.1. The van der Waals surface area contributed by atoms with Gasteiger partial charge in [0.2, 0.25) is 5.91 Å². The van der Waals surface area contributed by atoms with Crippen molar-refractivity contribution in [3.63, 3.8) is 0 Å². The Kier molecular flexibility index (Phi) is 7.16. The number of ether oxygens (including phenoxy) is 1. The molecule has 1 heterocycles. The van der Waals surface area contributed by atoms with E-state index in [4.69, 9.17) is 21.2 Å². The molecule has 32 heavy (non-hydrogen) atoms. The Hall–Kier alpha value is -2.78. The molecule has 2 saturated carbocycles. The van der Waals surface area contributed by atoms with Gasteiger partial charge < -0.3 is 10.1 Å². The number of anilines is 1. The van der Waals surface area contributed by atoms with Gasteiger partial charge in [-0.25, -0.2) is 19.8 Å². The van der Waals surface area contributed by atoms with Gasteiger partial charge in [0.15, 0.2) is 17.7 Å². The Labute approximate surface area is 189 Å². The molecule has 2 aromatic rings. The first kappa shape index (κ1) is 22.4. The Bertz CT molecular complexity index is 965. The van der Waals surface area contributed by atoms with Crippen molar-refractivity contribution in [2.45, 2.75) is 51.0 Å². The van der Waals surface area contributed by atoms with Crippen molar-refractivity contribution >= 4 is 29.1 Å². The number of benzene rings is 1. The molecule has 1 aromatic heterocycles. The third-order valence-corrected chi connectivity index (χ3v) is 5.76. The second-order valence-corrected chi connectivity index (χ2v) is 8.53. The van der Waals surface area contributed by atoms with Gasteiger partial charge in [-0.05, 0) is 43.7 Å². The lowest BCUT2D eigenvalue weighted by molar-refractivity contribution is -0.150. The van der Waals surface area contributed by atoms with Crippen LogP contribution in [0.2, 0.25) is 5.02 Å². The van der Waals surface area contributed by atoms with Crippen LogP contribution in [0.25, 0.3) is 0 Å². The van der Waals surface area contributed by atoms with E-state index in [9.17, 15) is 14.0 Å². The molecule has 0 radical (unpaired) electrons. The number of aromatic nitrogens is 2. The molecule has 4 rings (SSSR count). The summed E-state index contributed by atoms with van der Waals surface area (Å²) >= 11 is 5.72. The SMILES string of the molecule is O=C(NOC(C(=O)Nc1ccc(Oc2ncc(Cl)cn2)c(F)c1)C1CC1)C1CCCCC1. The summed E-state index contributed by atoms with van der Waals surface area (Å²) in [6.07, 6.45) is 8.38. The van der Waals surface area contributed by atoms with E-state index in [2.05, 4.69) is 20.8 Å². The Morgan fingerprint density at radius 2 is 1.81 bits per heavy atom. The standard InChI is InChI=1S/C22H24ClFN4O4/c23-15-11-25-22(26-12-15)31-18-9-8-16(10-17(18)24)27-21(30)19(13-6-7-13)32-28-20(29)14-4-2-1-3-5-14/h8-14,19H,1-7H2,(H,27,30)(H,28,29). The lowest BCUT2D eigenvalue weighted by Gasteiger charge is -2.22. The quantitative estimate of drug-likeness (QED) is 0.563. The number of halogens is 2. The highest BCUT2D eigenvalue weighted by Crippen LogP contribution is 2.35. The minimum atomic E-state index is -0.830. The fourth-order valence-electron chi connectivity index (χ4n) is 3.66. The van der Waals surface area contributed by atoms with Crippen LogP contribution < -0.4 is 15.5 Å². The van der Waals surface area contributed by atoms with Gasteiger partial charge in [0.05, 0.1) is 17.4 Å². The zero-order chi connectivity index (χ0) is 22.5. The van der Waals surface area contributed by atoms with E-state index in [0.717, 1.165) is 51.0 Å². The number of carbonyl (C=O) groups is 2. The summed E-state index contributed by atoms with van der Waals surface area (Å²) in [6.45, 7) is 0. The second-order valence-electron chi connectivity index (χ2n) is 8.10. The van der Waals surface area contributed by atoms with Gasteiger partial charge in [0, 0.05) is 17.7 Å².